The zero-order chi connectivity index (χ0) is 13.7. The summed E-state index contributed by atoms with van der Waals surface area (Å²) in [4.78, 5) is 15.9. The molecule has 1 aromatic rings. The summed E-state index contributed by atoms with van der Waals surface area (Å²) in [6.45, 7) is 3.04. The van der Waals surface area contributed by atoms with Gasteiger partial charge >= 0.3 is 5.97 Å². The topological polar surface area (TPSA) is 73.3 Å². The highest BCUT2D eigenvalue weighted by Crippen LogP contribution is 2.42. The Hall–Kier alpha value is -1.14. The van der Waals surface area contributed by atoms with Crippen LogP contribution in [0, 0.1) is 6.92 Å². The average Bonchev–Trinajstić information content (AvgIpc) is 2.48. The molecule has 0 saturated heterocycles. The van der Waals surface area contributed by atoms with Crippen LogP contribution in [0.5, 0.6) is 0 Å². The van der Waals surface area contributed by atoms with E-state index in [0.717, 1.165) is 7.11 Å². The molecule has 1 unspecified atom stereocenters. The van der Waals surface area contributed by atoms with Gasteiger partial charge in [-0.3, -0.25) is 0 Å². The first-order chi connectivity index (χ1) is 8.24. The van der Waals surface area contributed by atoms with Gasteiger partial charge in [-0.2, -0.15) is 0 Å². The predicted molar refractivity (Wildman–Crippen MR) is 66.0 cm³/mol. The number of hydrogen-bond acceptors (Lipinski definition) is 5. The number of aryl methyl sites for hydroxylation is 1. The third-order valence-electron chi connectivity index (χ3n) is 3.22. The first-order valence-corrected chi connectivity index (χ1v) is 7.24. The van der Waals surface area contributed by atoms with Crippen LogP contribution >= 0.6 is 11.6 Å². The second-order valence-electron chi connectivity index (χ2n) is 4.39. The Morgan fingerprint density at radius 2 is 2.17 bits per heavy atom. The van der Waals surface area contributed by atoms with Crippen molar-refractivity contribution in [2.75, 3.05) is 7.11 Å². The standard InChI is InChI=1S/C11H12ClNO4S/c1-6-4-7-5-18(15,16)11(2,10(14)17-3)8(7)13-9(6)12/h4H,5H2,1-3H3. The number of nitrogens with zero attached hydrogens (tertiary/aromatic N) is 1. The van der Waals surface area contributed by atoms with Gasteiger partial charge in [0.25, 0.3) is 0 Å². The number of sulfone groups is 1. The van der Waals surface area contributed by atoms with E-state index in [1.165, 1.54) is 6.92 Å². The van der Waals surface area contributed by atoms with Crippen molar-refractivity contribution in [2.45, 2.75) is 24.3 Å². The third kappa shape index (κ3) is 1.55. The van der Waals surface area contributed by atoms with Crippen LogP contribution in [0.1, 0.15) is 23.7 Å². The lowest BCUT2D eigenvalue weighted by Gasteiger charge is -2.20. The maximum atomic E-state index is 12.2. The summed E-state index contributed by atoms with van der Waals surface area (Å²) in [5.41, 5.74) is 1.36. The fourth-order valence-corrected chi connectivity index (χ4v) is 3.95. The normalized spacial score (nSPS) is 24.7. The number of carbonyl (C=O) groups is 1. The first kappa shape index (κ1) is 13.3. The van der Waals surface area contributed by atoms with E-state index in [4.69, 9.17) is 11.6 Å². The van der Waals surface area contributed by atoms with Crippen LogP contribution in [-0.4, -0.2) is 26.5 Å². The highest BCUT2D eigenvalue weighted by molar-refractivity contribution is 7.92. The van der Waals surface area contributed by atoms with Crippen LogP contribution < -0.4 is 0 Å². The van der Waals surface area contributed by atoms with E-state index < -0.39 is 20.6 Å². The lowest BCUT2D eigenvalue weighted by molar-refractivity contribution is -0.143. The van der Waals surface area contributed by atoms with Crippen molar-refractivity contribution in [3.05, 3.63) is 28.0 Å². The van der Waals surface area contributed by atoms with Crippen molar-refractivity contribution in [1.82, 2.24) is 4.98 Å². The van der Waals surface area contributed by atoms with Gasteiger partial charge in [-0.05, 0) is 25.0 Å². The summed E-state index contributed by atoms with van der Waals surface area (Å²) in [5.74, 6) is -1.06. The first-order valence-electron chi connectivity index (χ1n) is 5.21. The molecule has 1 aliphatic heterocycles. The van der Waals surface area contributed by atoms with Crippen LogP contribution in [0.4, 0.5) is 0 Å². The van der Waals surface area contributed by atoms with Crippen LogP contribution in [-0.2, 0) is 29.9 Å². The van der Waals surface area contributed by atoms with E-state index in [1.807, 2.05) is 0 Å². The van der Waals surface area contributed by atoms with Crippen molar-refractivity contribution in [3.63, 3.8) is 0 Å². The molecule has 2 rings (SSSR count). The van der Waals surface area contributed by atoms with Gasteiger partial charge < -0.3 is 4.74 Å². The molecule has 1 aliphatic rings. The fraction of sp³-hybridized carbons (Fsp3) is 0.455. The molecule has 5 nitrogen and oxygen atoms in total. The SMILES string of the molecule is COC(=O)C1(C)c2nc(Cl)c(C)cc2CS1(=O)=O. The minimum absolute atomic E-state index is 0.171. The number of methoxy groups -OCH3 is 1. The lowest BCUT2D eigenvalue weighted by atomic mass is 10.0. The minimum Gasteiger partial charge on any atom is -0.468 e. The molecule has 1 atom stereocenters. The Labute approximate surface area is 110 Å². The number of ether oxygens (including phenoxy) is 1. The maximum absolute atomic E-state index is 12.2. The van der Waals surface area contributed by atoms with Gasteiger partial charge in [0.1, 0.15) is 5.15 Å². The Bertz CT molecular complexity index is 641. The summed E-state index contributed by atoms with van der Waals surface area (Å²) in [6, 6.07) is 1.65. The third-order valence-corrected chi connectivity index (χ3v) is 5.90. The second kappa shape index (κ2) is 3.93. The zero-order valence-corrected chi connectivity index (χ0v) is 11.7. The molecule has 0 radical (unpaired) electrons. The Morgan fingerprint density at radius 3 is 2.72 bits per heavy atom. The Kier molecular flexibility index (Phi) is 2.90. The Morgan fingerprint density at radius 1 is 1.56 bits per heavy atom. The van der Waals surface area contributed by atoms with Crippen molar-refractivity contribution in [2.24, 2.45) is 0 Å². The molecule has 18 heavy (non-hydrogen) atoms. The van der Waals surface area contributed by atoms with E-state index in [-0.39, 0.29) is 16.6 Å². The van der Waals surface area contributed by atoms with Crippen molar-refractivity contribution >= 4 is 27.4 Å². The van der Waals surface area contributed by atoms with Gasteiger partial charge in [-0.25, -0.2) is 18.2 Å². The zero-order valence-electron chi connectivity index (χ0n) is 10.2. The predicted octanol–water partition coefficient (Wildman–Crippen LogP) is 1.36. The van der Waals surface area contributed by atoms with Gasteiger partial charge in [-0.1, -0.05) is 17.7 Å². The van der Waals surface area contributed by atoms with Gasteiger partial charge in [0.15, 0.2) is 9.84 Å². The largest absolute Gasteiger partial charge is 0.468 e. The van der Waals surface area contributed by atoms with Gasteiger partial charge in [0.2, 0.25) is 4.75 Å². The number of hydrogen-bond donors (Lipinski definition) is 0. The van der Waals surface area contributed by atoms with Crippen molar-refractivity contribution in [1.29, 1.82) is 0 Å². The molecule has 1 aromatic heterocycles. The van der Waals surface area contributed by atoms with Crippen molar-refractivity contribution in [3.8, 4) is 0 Å². The molecular weight excluding hydrogens is 278 g/mol. The summed E-state index contributed by atoms with van der Waals surface area (Å²) >= 11 is 5.90. The smallest absolute Gasteiger partial charge is 0.333 e. The van der Waals surface area contributed by atoms with Crippen molar-refractivity contribution < 1.29 is 17.9 Å². The minimum atomic E-state index is -3.69. The van der Waals surface area contributed by atoms with Crippen LogP contribution in [0.15, 0.2) is 6.07 Å². The van der Waals surface area contributed by atoms with E-state index in [1.54, 1.807) is 13.0 Å². The number of pyridine rings is 1. The van der Waals surface area contributed by atoms with E-state index >= 15 is 0 Å². The summed E-state index contributed by atoms with van der Waals surface area (Å²) in [5, 5.41) is 0.195. The second-order valence-corrected chi connectivity index (χ2v) is 7.08. The molecular formula is C11H12ClNO4S. The molecule has 0 fully saturated rings. The molecule has 7 heteroatoms. The summed E-state index contributed by atoms with van der Waals surface area (Å²) < 4.78 is 27.2. The molecule has 2 heterocycles. The molecule has 0 saturated carbocycles. The molecule has 0 N–H and O–H groups in total. The Balaban J connectivity index is 2.78. The summed E-state index contributed by atoms with van der Waals surface area (Å²) in [6.07, 6.45) is 0. The molecule has 0 amide bonds. The van der Waals surface area contributed by atoms with Crippen LogP contribution in [0.2, 0.25) is 5.15 Å². The number of fused-ring (bicyclic) bond motifs is 1. The van der Waals surface area contributed by atoms with Gasteiger partial charge in [-0.15, -0.1) is 0 Å². The number of carbonyl (C=O) groups excluding carboxylic acids is 1. The highest BCUT2D eigenvalue weighted by atomic mass is 35.5. The molecule has 0 aromatic carbocycles. The quantitative estimate of drug-likeness (QED) is 0.576. The van der Waals surface area contributed by atoms with Gasteiger partial charge in [0, 0.05) is 0 Å². The summed E-state index contributed by atoms with van der Waals surface area (Å²) in [7, 11) is -2.54. The molecule has 0 bridgehead atoms. The maximum Gasteiger partial charge on any atom is 0.333 e. The fourth-order valence-electron chi connectivity index (χ4n) is 2.09. The number of esters is 1. The molecule has 0 aliphatic carbocycles. The van der Waals surface area contributed by atoms with E-state index in [9.17, 15) is 13.2 Å². The highest BCUT2D eigenvalue weighted by Gasteiger charge is 2.56. The van der Waals surface area contributed by atoms with Gasteiger partial charge in [0.05, 0.1) is 18.6 Å². The number of halogens is 1. The molecule has 98 valence electrons. The van der Waals surface area contributed by atoms with E-state index in [0.29, 0.717) is 11.1 Å². The number of aromatic nitrogens is 1. The monoisotopic (exact) mass is 289 g/mol. The van der Waals surface area contributed by atoms with Crippen LogP contribution in [0.25, 0.3) is 0 Å². The number of rotatable bonds is 1. The average molecular weight is 290 g/mol. The lowest BCUT2D eigenvalue weighted by Crippen LogP contribution is -2.39. The van der Waals surface area contributed by atoms with Crippen LogP contribution in [0.3, 0.4) is 0 Å². The molecule has 0 spiro atoms. The van der Waals surface area contributed by atoms with E-state index in [2.05, 4.69) is 9.72 Å².